The number of hydrogen-bond donors (Lipinski definition) is 1. The summed E-state index contributed by atoms with van der Waals surface area (Å²) < 4.78 is 0.944. The Balaban J connectivity index is 2.18. The first-order valence-corrected chi connectivity index (χ1v) is 7.49. The molecule has 1 aliphatic heterocycles. The van der Waals surface area contributed by atoms with Gasteiger partial charge in [-0.15, -0.1) is 0 Å². The number of halogens is 2. The Kier molecular flexibility index (Phi) is 3.65. The smallest absolute Gasteiger partial charge is 0.0909 e. The van der Waals surface area contributed by atoms with Crippen molar-refractivity contribution < 1.29 is 5.11 Å². The molecule has 19 heavy (non-hydrogen) atoms. The van der Waals surface area contributed by atoms with E-state index in [2.05, 4.69) is 25.8 Å². The molecule has 1 aliphatic rings. The van der Waals surface area contributed by atoms with E-state index in [1.54, 1.807) is 6.20 Å². The van der Waals surface area contributed by atoms with E-state index in [1.165, 1.54) is 0 Å². The van der Waals surface area contributed by atoms with Gasteiger partial charge in [0.25, 0.3) is 0 Å². The molecule has 1 atom stereocenters. The molecular weight excluding hydrogens is 328 g/mol. The maximum atomic E-state index is 9.49. The molecule has 1 N–H and O–H groups in total. The van der Waals surface area contributed by atoms with E-state index in [1.807, 2.05) is 18.2 Å². The predicted octanol–water partition coefficient (Wildman–Crippen LogP) is 3.61. The molecule has 1 aromatic carbocycles. The topological polar surface area (TPSA) is 36.4 Å². The van der Waals surface area contributed by atoms with Crippen molar-refractivity contribution in [3.63, 3.8) is 0 Å². The van der Waals surface area contributed by atoms with Crippen molar-refractivity contribution >= 4 is 44.1 Å². The summed E-state index contributed by atoms with van der Waals surface area (Å²) in [7, 11) is 0. The molecule has 1 saturated heterocycles. The zero-order valence-electron chi connectivity index (χ0n) is 10.3. The number of benzene rings is 1. The average molecular weight is 342 g/mol. The van der Waals surface area contributed by atoms with Gasteiger partial charge in [0.1, 0.15) is 0 Å². The SMILES string of the molecule is OCC1CCCN1c1ccnc2c(Cl)cc(Br)cc12. The Morgan fingerprint density at radius 3 is 3.11 bits per heavy atom. The number of hydrogen-bond acceptors (Lipinski definition) is 3. The lowest BCUT2D eigenvalue weighted by atomic mass is 10.1. The van der Waals surface area contributed by atoms with Crippen LogP contribution < -0.4 is 4.90 Å². The van der Waals surface area contributed by atoms with E-state index in [0.29, 0.717) is 5.02 Å². The van der Waals surface area contributed by atoms with Crippen molar-refractivity contribution in [2.75, 3.05) is 18.1 Å². The normalized spacial score (nSPS) is 19.3. The van der Waals surface area contributed by atoms with Gasteiger partial charge in [0.2, 0.25) is 0 Å². The molecule has 1 unspecified atom stereocenters. The number of aromatic nitrogens is 1. The maximum Gasteiger partial charge on any atom is 0.0909 e. The van der Waals surface area contributed by atoms with Crippen LogP contribution in [0.25, 0.3) is 10.9 Å². The molecule has 0 bridgehead atoms. The van der Waals surface area contributed by atoms with Crippen molar-refractivity contribution in [1.82, 2.24) is 4.98 Å². The molecule has 100 valence electrons. The Bertz CT molecular complexity index is 620. The van der Waals surface area contributed by atoms with Gasteiger partial charge in [-0.25, -0.2) is 0 Å². The first-order valence-electron chi connectivity index (χ1n) is 6.32. The molecule has 0 radical (unpaired) electrons. The number of fused-ring (bicyclic) bond motifs is 1. The molecule has 0 saturated carbocycles. The third kappa shape index (κ3) is 2.33. The summed E-state index contributed by atoms with van der Waals surface area (Å²) >= 11 is 9.73. The molecule has 1 aromatic heterocycles. The molecule has 1 fully saturated rings. The highest BCUT2D eigenvalue weighted by atomic mass is 79.9. The van der Waals surface area contributed by atoms with Crippen LogP contribution in [-0.4, -0.2) is 29.3 Å². The Labute approximate surface area is 125 Å². The standard InChI is InChI=1S/C14H14BrClN2O/c15-9-6-11-13(18-5-1-2-10(18)8-19)3-4-17-14(11)12(16)7-9/h3-4,6-7,10,19H,1-2,5,8H2. The second-order valence-electron chi connectivity index (χ2n) is 4.79. The van der Waals surface area contributed by atoms with Crippen LogP contribution in [0.15, 0.2) is 28.9 Å². The quantitative estimate of drug-likeness (QED) is 0.906. The Morgan fingerprint density at radius 1 is 1.47 bits per heavy atom. The van der Waals surface area contributed by atoms with Gasteiger partial charge in [0.15, 0.2) is 0 Å². The molecule has 3 nitrogen and oxygen atoms in total. The minimum absolute atomic E-state index is 0.186. The summed E-state index contributed by atoms with van der Waals surface area (Å²) in [5.41, 5.74) is 1.91. The van der Waals surface area contributed by atoms with Gasteiger partial charge < -0.3 is 10.0 Å². The summed E-state index contributed by atoms with van der Waals surface area (Å²) in [6.45, 7) is 1.15. The third-order valence-corrected chi connectivity index (χ3v) is 4.38. The zero-order chi connectivity index (χ0) is 13.4. The largest absolute Gasteiger partial charge is 0.394 e. The highest BCUT2D eigenvalue weighted by molar-refractivity contribution is 9.10. The summed E-state index contributed by atoms with van der Waals surface area (Å²) in [6, 6.07) is 6.09. The maximum absolute atomic E-state index is 9.49. The molecule has 3 rings (SSSR count). The Hall–Kier alpha value is -0.840. The van der Waals surface area contributed by atoms with Crippen LogP contribution >= 0.6 is 27.5 Å². The number of aliphatic hydroxyl groups excluding tert-OH is 1. The fourth-order valence-electron chi connectivity index (χ4n) is 2.76. The van der Waals surface area contributed by atoms with Gasteiger partial charge in [0.05, 0.1) is 23.2 Å². The number of rotatable bonds is 2. The monoisotopic (exact) mass is 340 g/mol. The van der Waals surface area contributed by atoms with Gasteiger partial charge >= 0.3 is 0 Å². The molecular formula is C14H14BrClN2O. The van der Waals surface area contributed by atoms with E-state index < -0.39 is 0 Å². The summed E-state index contributed by atoms with van der Waals surface area (Å²) in [5, 5.41) is 11.2. The van der Waals surface area contributed by atoms with E-state index in [-0.39, 0.29) is 12.6 Å². The highest BCUT2D eigenvalue weighted by Gasteiger charge is 2.25. The molecule has 2 aromatic rings. The molecule has 2 heterocycles. The van der Waals surface area contributed by atoms with Crippen LogP contribution in [0.2, 0.25) is 5.02 Å². The van der Waals surface area contributed by atoms with Crippen LogP contribution in [0.5, 0.6) is 0 Å². The fourth-order valence-corrected chi connectivity index (χ4v) is 3.62. The van der Waals surface area contributed by atoms with Gasteiger partial charge in [-0.05, 0) is 31.0 Å². The number of aliphatic hydroxyl groups is 1. The second kappa shape index (κ2) is 5.27. The van der Waals surface area contributed by atoms with Crippen LogP contribution in [-0.2, 0) is 0 Å². The van der Waals surface area contributed by atoms with Crippen LogP contribution in [0.4, 0.5) is 5.69 Å². The lowest BCUT2D eigenvalue weighted by molar-refractivity contribution is 0.266. The zero-order valence-corrected chi connectivity index (χ0v) is 12.7. The fraction of sp³-hybridized carbons (Fsp3) is 0.357. The van der Waals surface area contributed by atoms with Crippen LogP contribution in [0.1, 0.15) is 12.8 Å². The van der Waals surface area contributed by atoms with Crippen molar-refractivity contribution in [3.8, 4) is 0 Å². The first-order chi connectivity index (χ1) is 9.20. The van der Waals surface area contributed by atoms with Crippen LogP contribution in [0.3, 0.4) is 0 Å². The second-order valence-corrected chi connectivity index (χ2v) is 6.11. The minimum atomic E-state index is 0.186. The summed E-state index contributed by atoms with van der Waals surface area (Å²) in [6.07, 6.45) is 3.92. The Morgan fingerprint density at radius 2 is 2.32 bits per heavy atom. The average Bonchev–Trinajstić information content (AvgIpc) is 2.86. The molecule has 0 aliphatic carbocycles. The summed E-state index contributed by atoms with van der Waals surface area (Å²) in [5.74, 6) is 0. The summed E-state index contributed by atoms with van der Waals surface area (Å²) in [4.78, 5) is 6.62. The lowest BCUT2D eigenvalue weighted by Crippen LogP contribution is -2.32. The first kappa shape index (κ1) is 13.2. The molecule has 0 amide bonds. The van der Waals surface area contributed by atoms with Gasteiger partial charge in [-0.2, -0.15) is 0 Å². The number of nitrogens with zero attached hydrogens (tertiary/aromatic N) is 2. The van der Waals surface area contributed by atoms with E-state index >= 15 is 0 Å². The van der Waals surface area contributed by atoms with E-state index in [4.69, 9.17) is 11.6 Å². The lowest BCUT2D eigenvalue weighted by Gasteiger charge is -2.26. The predicted molar refractivity (Wildman–Crippen MR) is 81.9 cm³/mol. The van der Waals surface area contributed by atoms with E-state index in [9.17, 15) is 5.11 Å². The molecule has 5 heteroatoms. The van der Waals surface area contributed by atoms with Gasteiger partial charge in [-0.3, -0.25) is 4.98 Å². The number of pyridine rings is 1. The van der Waals surface area contributed by atoms with Crippen molar-refractivity contribution in [2.24, 2.45) is 0 Å². The van der Waals surface area contributed by atoms with Crippen molar-refractivity contribution in [2.45, 2.75) is 18.9 Å². The third-order valence-electron chi connectivity index (χ3n) is 3.64. The molecule has 0 spiro atoms. The van der Waals surface area contributed by atoms with Crippen molar-refractivity contribution in [1.29, 1.82) is 0 Å². The van der Waals surface area contributed by atoms with Gasteiger partial charge in [0, 0.05) is 28.3 Å². The highest BCUT2D eigenvalue weighted by Crippen LogP contribution is 2.35. The van der Waals surface area contributed by atoms with Gasteiger partial charge in [-0.1, -0.05) is 27.5 Å². The minimum Gasteiger partial charge on any atom is -0.394 e. The van der Waals surface area contributed by atoms with Crippen molar-refractivity contribution in [3.05, 3.63) is 33.9 Å². The van der Waals surface area contributed by atoms with Crippen LogP contribution in [0, 0.1) is 0 Å². The number of anilines is 1. The van der Waals surface area contributed by atoms with E-state index in [0.717, 1.165) is 40.4 Å².